The molecule has 25 heavy (non-hydrogen) atoms. The molecular weight excluding hydrogens is 356 g/mol. The number of anilines is 2. The maximum atomic E-state index is 12.4. The van der Waals surface area contributed by atoms with E-state index in [0.29, 0.717) is 34.0 Å². The second-order valence-corrected chi connectivity index (χ2v) is 6.96. The molecule has 7 heteroatoms. The summed E-state index contributed by atoms with van der Waals surface area (Å²) in [6.07, 6.45) is 2.24. The molecule has 0 unspecified atom stereocenters. The van der Waals surface area contributed by atoms with Crippen molar-refractivity contribution in [3.05, 3.63) is 40.8 Å². The minimum absolute atomic E-state index is 0.298. The Morgan fingerprint density at radius 3 is 2.76 bits per heavy atom. The van der Waals surface area contributed by atoms with E-state index in [2.05, 4.69) is 10.6 Å². The molecule has 1 aromatic carbocycles. The first-order valence-electron chi connectivity index (χ1n) is 8.13. The molecule has 1 heterocycles. The third-order valence-corrected chi connectivity index (χ3v) is 5.02. The van der Waals surface area contributed by atoms with Crippen LogP contribution < -0.4 is 15.4 Å². The maximum absolute atomic E-state index is 12.4. The number of esters is 1. The molecule has 132 valence electrons. The van der Waals surface area contributed by atoms with Gasteiger partial charge in [0.25, 0.3) is 0 Å². The third kappa shape index (κ3) is 4.11. The average Bonchev–Trinajstić information content (AvgIpc) is 3.36. The van der Waals surface area contributed by atoms with Gasteiger partial charge in [0.15, 0.2) is 5.11 Å². The molecule has 5 nitrogen and oxygen atoms in total. The summed E-state index contributed by atoms with van der Waals surface area (Å²) in [5, 5.41) is 9.39. The molecule has 2 N–H and O–H groups in total. The fourth-order valence-corrected chi connectivity index (χ4v) is 3.89. The molecule has 0 amide bonds. The number of thiocarbonyl (C=S) groups is 1. The number of hydrogen-bond donors (Lipinski definition) is 2. The fraction of sp³-hybridized carbons (Fsp3) is 0.333. The molecule has 0 atom stereocenters. The summed E-state index contributed by atoms with van der Waals surface area (Å²) in [6, 6.07) is 7.52. The van der Waals surface area contributed by atoms with Gasteiger partial charge in [-0.05, 0) is 61.0 Å². The number of hydrogen-bond acceptors (Lipinski definition) is 5. The summed E-state index contributed by atoms with van der Waals surface area (Å²) >= 11 is 6.88. The van der Waals surface area contributed by atoms with Crippen molar-refractivity contribution in [1.82, 2.24) is 0 Å². The normalized spacial score (nSPS) is 13.2. The standard InChI is InChI=1S/C18H20N2O3S2/c1-3-23-17(21)15-12(11-8-9-11)10-25-16(15)20-18(24)19-13-6-4-5-7-14(13)22-2/h4-7,10-11H,3,8-9H2,1-2H3,(H2,19,20,24). The molecule has 1 aliphatic rings. The van der Waals surface area contributed by atoms with Gasteiger partial charge in [-0.25, -0.2) is 4.79 Å². The molecule has 1 aromatic heterocycles. The summed E-state index contributed by atoms with van der Waals surface area (Å²) in [5.41, 5.74) is 2.43. The second kappa shape index (κ2) is 7.84. The van der Waals surface area contributed by atoms with Crippen LogP contribution in [0, 0.1) is 0 Å². The second-order valence-electron chi connectivity index (χ2n) is 5.67. The highest BCUT2D eigenvalue weighted by Gasteiger charge is 2.32. The molecular formula is C18H20N2O3S2. The van der Waals surface area contributed by atoms with Crippen molar-refractivity contribution in [2.75, 3.05) is 24.4 Å². The minimum Gasteiger partial charge on any atom is -0.495 e. The maximum Gasteiger partial charge on any atom is 0.341 e. The van der Waals surface area contributed by atoms with Crippen molar-refractivity contribution in [2.24, 2.45) is 0 Å². The number of para-hydroxylation sites is 2. The Morgan fingerprint density at radius 2 is 2.08 bits per heavy atom. The van der Waals surface area contributed by atoms with Gasteiger partial charge in [0.05, 0.1) is 25.0 Å². The van der Waals surface area contributed by atoms with Crippen molar-refractivity contribution in [2.45, 2.75) is 25.7 Å². The molecule has 0 aliphatic heterocycles. The predicted octanol–water partition coefficient (Wildman–Crippen LogP) is 4.62. The van der Waals surface area contributed by atoms with E-state index in [0.717, 1.165) is 24.1 Å². The summed E-state index contributed by atoms with van der Waals surface area (Å²) in [5.74, 6) is 0.859. The van der Waals surface area contributed by atoms with Gasteiger partial charge in [0.2, 0.25) is 0 Å². The Labute approximate surface area is 156 Å². The van der Waals surface area contributed by atoms with Gasteiger partial charge in [-0.3, -0.25) is 0 Å². The lowest BCUT2D eigenvalue weighted by Crippen LogP contribution is -2.20. The zero-order valence-corrected chi connectivity index (χ0v) is 15.8. The number of benzene rings is 1. The first-order chi connectivity index (χ1) is 12.1. The molecule has 0 radical (unpaired) electrons. The molecule has 0 bridgehead atoms. The van der Waals surface area contributed by atoms with Crippen molar-refractivity contribution in [1.29, 1.82) is 0 Å². The fourth-order valence-electron chi connectivity index (χ4n) is 2.58. The molecule has 2 aromatic rings. The highest BCUT2D eigenvalue weighted by Crippen LogP contribution is 2.46. The van der Waals surface area contributed by atoms with Gasteiger partial charge in [-0.15, -0.1) is 11.3 Å². The largest absolute Gasteiger partial charge is 0.495 e. The van der Waals surface area contributed by atoms with E-state index in [9.17, 15) is 4.79 Å². The summed E-state index contributed by atoms with van der Waals surface area (Å²) in [6.45, 7) is 2.16. The lowest BCUT2D eigenvalue weighted by atomic mass is 10.1. The number of rotatable bonds is 6. The van der Waals surface area contributed by atoms with Crippen LogP contribution in [0.2, 0.25) is 0 Å². The number of thiophene rings is 1. The van der Waals surface area contributed by atoms with Gasteiger partial charge in [-0.1, -0.05) is 12.1 Å². The van der Waals surface area contributed by atoms with Crippen LogP contribution in [0.15, 0.2) is 29.6 Å². The quantitative estimate of drug-likeness (QED) is 0.567. The number of methoxy groups -OCH3 is 1. The Balaban J connectivity index is 1.78. The van der Waals surface area contributed by atoms with Crippen LogP contribution in [0.3, 0.4) is 0 Å². The molecule has 1 fully saturated rings. The summed E-state index contributed by atoms with van der Waals surface area (Å²) < 4.78 is 10.5. The Bertz CT molecular complexity index is 784. The van der Waals surface area contributed by atoms with Crippen molar-refractivity contribution in [3.8, 4) is 5.75 Å². The van der Waals surface area contributed by atoms with Crippen LogP contribution in [-0.4, -0.2) is 24.8 Å². The molecule has 3 rings (SSSR count). The Kier molecular flexibility index (Phi) is 5.55. The SMILES string of the molecule is CCOC(=O)c1c(C2CC2)csc1NC(=S)Nc1ccccc1OC. The molecule has 0 spiro atoms. The first kappa shape index (κ1) is 17.7. The molecule has 1 aliphatic carbocycles. The van der Waals surface area contributed by atoms with E-state index < -0.39 is 0 Å². The van der Waals surface area contributed by atoms with Gasteiger partial charge >= 0.3 is 5.97 Å². The van der Waals surface area contributed by atoms with E-state index in [4.69, 9.17) is 21.7 Å². The van der Waals surface area contributed by atoms with Gasteiger partial charge in [0, 0.05) is 0 Å². The van der Waals surface area contributed by atoms with Crippen molar-refractivity contribution >= 4 is 45.3 Å². The number of carbonyl (C=O) groups excluding carboxylic acids is 1. The average molecular weight is 377 g/mol. The molecule has 1 saturated carbocycles. The minimum atomic E-state index is -0.298. The molecule has 0 saturated heterocycles. The van der Waals surface area contributed by atoms with E-state index >= 15 is 0 Å². The van der Waals surface area contributed by atoms with Gasteiger partial charge < -0.3 is 20.1 Å². The van der Waals surface area contributed by atoms with Crippen LogP contribution in [-0.2, 0) is 4.74 Å². The van der Waals surface area contributed by atoms with E-state index in [1.54, 1.807) is 7.11 Å². The van der Waals surface area contributed by atoms with Crippen LogP contribution in [0.4, 0.5) is 10.7 Å². The van der Waals surface area contributed by atoms with Crippen LogP contribution in [0.25, 0.3) is 0 Å². The van der Waals surface area contributed by atoms with E-state index in [-0.39, 0.29) is 5.97 Å². The zero-order valence-electron chi connectivity index (χ0n) is 14.1. The van der Waals surface area contributed by atoms with Gasteiger partial charge in [0.1, 0.15) is 10.8 Å². The van der Waals surface area contributed by atoms with Crippen molar-refractivity contribution < 1.29 is 14.3 Å². The predicted molar refractivity (Wildman–Crippen MR) is 105 cm³/mol. The number of carbonyl (C=O) groups is 1. The van der Waals surface area contributed by atoms with Crippen LogP contribution >= 0.6 is 23.6 Å². The Hall–Kier alpha value is -2.12. The summed E-state index contributed by atoms with van der Waals surface area (Å²) in [4.78, 5) is 12.4. The number of ether oxygens (including phenoxy) is 2. The number of nitrogens with one attached hydrogen (secondary N) is 2. The lowest BCUT2D eigenvalue weighted by molar-refractivity contribution is 0.0527. The summed E-state index contributed by atoms with van der Waals surface area (Å²) in [7, 11) is 1.61. The van der Waals surface area contributed by atoms with Crippen LogP contribution in [0.1, 0.15) is 41.6 Å². The van der Waals surface area contributed by atoms with Crippen molar-refractivity contribution in [3.63, 3.8) is 0 Å². The Morgan fingerprint density at radius 1 is 1.32 bits per heavy atom. The van der Waals surface area contributed by atoms with Gasteiger partial charge in [-0.2, -0.15) is 0 Å². The zero-order chi connectivity index (χ0) is 17.8. The van der Waals surface area contributed by atoms with E-state index in [1.807, 2.05) is 36.6 Å². The van der Waals surface area contributed by atoms with Crippen LogP contribution in [0.5, 0.6) is 5.75 Å². The highest BCUT2D eigenvalue weighted by atomic mass is 32.1. The lowest BCUT2D eigenvalue weighted by Gasteiger charge is -2.13. The third-order valence-electron chi connectivity index (χ3n) is 3.90. The first-order valence-corrected chi connectivity index (χ1v) is 9.42. The highest BCUT2D eigenvalue weighted by molar-refractivity contribution is 7.80. The topological polar surface area (TPSA) is 59.6 Å². The van der Waals surface area contributed by atoms with E-state index in [1.165, 1.54) is 11.3 Å². The monoisotopic (exact) mass is 376 g/mol. The smallest absolute Gasteiger partial charge is 0.341 e.